The summed E-state index contributed by atoms with van der Waals surface area (Å²) in [5.41, 5.74) is 2.55. The van der Waals surface area contributed by atoms with Crippen molar-refractivity contribution in [3.63, 3.8) is 0 Å². The average Bonchev–Trinajstić information content (AvgIpc) is 2.95. The molecule has 7 heteroatoms. The summed E-state index contributed by atoms with van der Waals surface area (Å²) in [6, 6.07) is 21.9. The van der Waals surface area contributed by atoms with Crippen molar-refractivity contribution in [2.24, 2.45) is 11.8 Å². The predicted molar refractivity (Wildman–Crippen MR) is 157 cm³/mol. The fourth-order valence-electron chi connectivity index (χ4n) is 5.35. The molecule has 0 aromatic heterocycles. The van der Waals surface area contributed by atoms with Gasteiger partial charge in [0, 0.05) is 24.0 Å². The van der Waals surface area contributed by atoms with Crippen molar-refractivity contribution < 1.29 is 35.1 Å². The molecule has 4 aromatic carbocycles. The normalized spacial score (nSPS) is 13.3. The van der Waals surface area contributed by atoms with Crippen molar-refractivity contribution in [2.45, 2.75) is 39.0 Å². The topological polar surface area (TPSA) is 127 Å². The standard InChI is InChI=1S/C34H36O7/c1-20(18-23-4-11-25(35)12-5-23)21(2)31(24-9-13-26(36)14-10-24)33-30(39)19-29(38)32(34(33)40)28(37)17-8-22-6-15-27(41-3)16-7-22/h4-7,9-16,19-21,31,35-36,38-40H,8,17-18H2,1-3H3/t20-,21+,31+/m0/s1. The first-order valence-electron chi connectivity index (χ1n) is 13.6. The summed E-state index contributed by atoms with van der Waals surface area (Å²) in [6.45, 7) is 4.06. The molecule has 41 heavy (non-hydrogen) atoms. The molecule has 214 valence electrons. The molecule has 0 radical (unpaired) electrons. The number of methoxy groups -OCH3 is 1. The summed E-state index contributed by atoms with van der Waals surface area (Å²) < 4.78 is 5.18. The van der Waals surface area contributed by atoms with Gasteiger partial charge in [0.2, 0.25) is 0 Å². The molecule has 0 saturated heterocycles. The van der Waals surface area contributed by atoms with E-state index in [1.807, 2.05) is 31.2 Å². The predicted octanol–water partition coefficient (Wildman–Crippen LogP) is 6.69. The highest BCUT2D eigenvalue weighted by atomic mass is 16.5. The lowest BCUT2D eigenvalue weighted by atomic mass is 9.73. The highest BCUT2D eigenvalue weighted by Gasteiger charge is 2.33. The number of rotatable bonds is 11. The number of aryl methyl sites for hydroxylation is 1. The van der Waals surface area contributed by atoms with E-state index in [0.29, 0.717) is 18.6 Å². The largest absolute Gasteiger partial charge is 0.508 e. The number of carbonyl (C=O) groups excluding carboxylic acids is 1. The van der Waals surface area contributed by atoms with Crippen molar-refractivity contribution in [2.75, 3.05) is 7.11 Å². The van der Waals surface area contributed by atoms with Crippen molar-refractivity contribution >= 4 is 5.78 Å². The third-order valence-electron chi connectivity index (χ3n) is 7.86. The first-order chi connectivity index (χ1) is 19.6. The van der Waals surface area contributed by atoms with Gasteiger partial charge in [-0.15, -0.1) is 0 Å². The highest BCUT2D eigenvalue weighted by Crippen LogP contribution is 2.49. The average molecular weight is 557 g/mol. The molecule has 0 amide bonds. The smallest absolute Gasteiger partial charge is 0.170 e. The minimum Gasteiger partial charge on any atom is -0.508 e. The van der Waals surface area contributed by atoms with Crippen molar-refractivity contribution in [1.82, 2.24) is 0 Å². The molecule has 0 aliphatic carbocycles. The molecule has 0 aliphatic rings. The number of ether oxygens (including phenoxy) is 1. The maximum absolute atomic E-state index is 13.3. The number of ketones is 1. The molecule has 3 atom stereocenters. The van der Waals surface area contributed by atoms with Crippen LogP contribution in [0.2, 0.25) is 0 Å². The van der Waals surface area contributed by atoms with Crippen LogP contribution < -0.4 is 4.74 Å². The fraction of sp³-hybridized carbons (Fsp3) is 0.265. The van der Waals surface area contributed by atoms with E-state index in [9.17, 15) is 30.3 Å². The minimum atomic E-state index is -0.573. The Kier molecular flexibility index (Phi) is 9.07. The minimum absolute atomic E-state index is 0.0279. The number of hydrogen-bond acceptors (Lipinski definition) is 7. The molecule has 0 saturated carbocycles. The number of phenolic OH excluding ortho intramolecular Hbond substituents is 5. The summed E-state index contributed by atoms with van der Waals surface area (Å²) >= 11 is 0. The molecule has 0 bridgehead atoms. The molecular weight excluding hydrogens is 520 g/mol. The Labute approximate surface area is 239 Å². The van der Waals surface area contributed by atoms with Crippen LogP contribution in [0.4, 0.5) is 0 Å². The molecule has 0 fully saturated rings. The lowest BCUT2D eigenvalue weighted by Crippen LogP contribution is -2.21. The van der Waals surface area contributed by atoms with E-state index in [-0.39, 0.29) is 46.6 Å². The van der Waals surface area contributed by atoms with E-state index in [4.69, 9.17) is 4.74 Å². The van der Waals surface area contributed by atoms with Crippen LogP contribution >= 0.6 is 0 Å². The lowest BCUT2D eigenvalue weighted by molar-refractivity contribution is 0.0977. The van der Waals surface area contributed by atoms with Crippen LogP contribution in [0.25, 0.3) is 0 Å². The summed E-state index contributed by atoms with van der Waals surface area (Å²) in [4.78, 5) is 13.3. The Hall–Kier alpha value is -4.65. The molecule has 7 nitrogen and oxygen atoms in total. The van der Waals surface area contributed by atoms with Crippen molar-refractivity contribution in [3.8, 4) is 34.5 Å². The molecule has 0 unspecified atom stereocenters. The van der Waals surface area contributed by atoms with Gasteiger partial charge in [0.1, 0.15) is 40.1 Å². The first-order valence-corrected chi connectivity index (χ1v) is 13.6. The second kappa shape index (κ2) is 12.7. The van der Waals surface area contributed by atoms with E-state index < -0.39 is 23.2 Å². The quantitative estimate of drug-likeness (QED) is 0.130. The molecular formula is C34H36O7. The zero-order chi connectivity index (χ0) is 29.7. The summed E-state index contributed by atoms with van der Waals surface area (Å²) in [6.07, 6.45) is 1.08. The van der Waals surface area contributed by atoms with Crippen LogP contribution in [-0.4, -0.2) is 38.4 Å². The number of Topliss-reactive ketones (excluding diaryl/α,β-unsaturated/α-hetero) is 1. The first kappa shape index (κ1) is 29.3. The van der Waals surface area contributed by atoms with E-state index in [2.05, 4.69) is 6.92 Å². The van der Waals surface area contributed by atoms with Crippen LogP contribution in [0.15, 0.2) is 78.9 Å². The number of aromatic hydroxyl groups is 5. The second-order valence-electron chi connectivity index (χ2n) is 10.6. The Morgan fingerprint density at radius 2 is 1.32 bits per heavy atom. The number of hydrogen-bond donors (Lipinski definition) is 5. The molecule has 4 rings (SSSR count). The zero-order valence-corrected chi connectivity index (χ0v) is 23.4. The number of benzene rings is 4. The van der Waals surface area contributed by atoms with E-state index >= 15 is 0 Å². The third-order valence-corrected chi connectivity index (χ3v) is 7.86. The molecule has 0 spiro atoms. The van der Waals surface area contributed by atoms with Crippen molar-refractivity contribution in [1.29, 1.82) is 0 Å². The van der Waals surface area contributed by atoms with Crippen LogP contribution in [0, 0.1) is 11.8 Å². The Bertz CT molecular complexity index is 1480. The summed E-state index contributed by atoms with van der Waals surface area (Å²) in [5.74, 6) is -1.48. The molecule has 0 aliphatic heterocycles. The highest BCUT2D eigenvalue weighted by molar-refractivity contribution is 6.02. The van der Waals surface area contributed by atoms with Gasteiger partial charge in [0.25, 0.3) is 0 Å². The van der Waals surface area contributed by atoms with Gasteiger partial charge in [-0.3, -0.25) is 4.79 Å². The van der Waals surface area contributed by atoms with Crippen LogP contribution in [0.3, 0.4) is 0 Å². The summed E-state index contributed by atoms with van der Waals surface area (Å²) in [5, 5.41) is 52.8. The number of phenols is 5. The van der Waals surface area contributed by atoms with E-state index in [1.165, 1.54) is 12.1 Å². The van der Waals surface area contributed by atoms with Crippen LogP contribution in [0.1, 0.15) is 58.8 Å². The van der Waals surface area contributed by atoms with Crippen LogP contribution in [-0.2, 0) is 12.8 Å². The van der Waals surface area contributed by atoms with Gasteiger partial charge < -0.3 is 30.3 Å². The van der Waals surface area contributed by atoms with E-state index in [1.54, 1.807) is 43.5 Å². The zero-order valence-electron chi connectivity index (χ0n) is 23.4. The third kappa shape index (κ3) is 6.74. The molecule has 5 N–H and O–H groups in total. The van der Waals surface area contributed by atoms with Gasteiger partial charge in [-0.25, -0.2) is 0 Å². The fourth-order valence-corrected chi connectivity index (χ4v) is 5.35. The maximum atomic E-state index is 13.3. The Morgan fingerprint density at radius 1 is 0.756 bits per heavy atom. The lowest BCUT2D eigenvalue weighted by Gasteiger charge is -2.31. The van der Waals surface area contributed by atoms with Crippen molar-refractivity contribution in [3.05, 3.63) is 107 Å². The molecule has 0 heterocycles. The second-order valence-corrected chi connectivity index (χ2v) is 10.6. The van der Waals surface area contributed by atoms with Gasteiger partial charge in [-0.1, -0.05) is 50.2 Å². The Morgan fingerprint density at radius 3 is 1.90 bits per heavy atom. The molecule has 4 aromatic rings. The number of carbonyl (C=O) groups is 1. The van der Waals surface area contributed by atoms with Crippen LogP contribution in [0.5, 0.6) is 34.5 Å². The summed E-state index contributed by atoms with van der Waals surface area (Å²) in [7, 11) is 1.58. The van der Waals surface area contributed by atoms with Gasteiger partial charge in [-0.2, -0.15) is 0 Å². The van der Waals surface area contributed by atoms with Gasteiger partial charge in [0.15, 0.2) is 5.78 Å². The maximum Gasteiger partial charge on any atom is 0.170 e. The SMILES string of the molecule is COc1ccc(CCC(=O)c2c(O)cc(O)c([C@@H](c3ccc(O)cc3)[C@H](C)[C@@H](C)Cc3ccc(O)cc3)c2O)cc1. The monoisotopic (exact) mass is 556 g/mol. The van der Waals surface area contributed by atoms with Gasteiger partial charge >= 0.3 is 0 Å². The Balaban J connectivity index is 1.70. The van der Waals surface area contributed by atoms with E-state index in [0.717, 1.165) is 22.8 Å². The van der Waals surface area contributed by atoms with Gasteiger partial charge in [-0.05, 0) is 77.8 Å². The van der Waals surface area contributed by atoms with Gasteiger partial charge in [0.05, 0.1) is 7.11 Å².